The minimum Gasteiger partial charge on any atom is -0.487 e. The van der Waals surface area contributed by atoms with Gasteiger partial charge in [-0.3, -0.25) is 4.79 Å². The first-order valence-corrected chi connectivity index (χ1v) is 12.9. The molecule has 184 valence electrons. The van der Waals surface area contributed by atoms with Crippen molar-refractivity contribution in [2.45, 2.75) is 55.9 Å². The number of ether oxygens (including phenoxy) is 1. The van der Waals surface area contributed by atoms with Gasteiger partial charge in [0.2, 0.25) is 0 Å². The topological polar surface area (TPSA) is 88.4 Å². The summed E-state index contributed by atoms with van der Waals surface area (Å²) < 4.78 is 9.07. The van der Waals surface area contributed by atoms with Crippen molar-refractivity contribution in [2.24, 2.45) is 7.05 Å². The number of hydrogen-bond donors (Lipinski definition) is 3. The number of aromatic nitrogens is 2. The standard InChI is InChI=1S/C27H31BrN4O3/c1-32-13-12-29-25(32)26(34)31-21(14-18-6-3-2-4-7-18)23(33)17-30-22-16-27(10-5-11-27)35-24-9-8-19(28)15-20(22)24/h2-4,6-9,12-13,15,21-23,30,33H,5,10-11,14,16-17H2,1H3,(H,31,34)/t21-,22-,23+/m0/s1. The molecule has 2 aliphatic rings. The lowest BCUT2D eigenvalue weighted by Crippen LogP contribution is -2.52. The number of amides is 1. The SMILES string of the molecule is Cn1ccnc1C(=O)N[C@@H](Cc1ccccc1)[C@H](O)CN[C@H]1CC2(CCC2)Oc2ccc(Br)cc21. The summed E-state index contributed by atoms with van der Waals surface area (Å²) in [6.45, 7) is 0.338. The third kappa shape index (κ3) is 5.29. The molecule has 3 atom stereocenters. The van der Waals surface area contributed by atoms with Crippen LogP contribution < -0.4 is 15.4 Å². The van der Waals surface area contributed by atoms with E-state index in [1.807, 2.05) is 42.5 Å². The number of aliphatic hydroxyl groups is 1. The van der Waals surface area contributed by atoms with E-state index in [0.717, 1.165) is 40.6 Å². The number of nitrogens with one attached hydrogen (secondary N) is 2. The number of aryl methyl sites for hydroxylation is 1. The lowest BCUT2D eigenvalue weighted by atomic mass is 9.73. The Hall–Kier alpha value is -2.68. The van der Waals surface area contributed by atoms with E-state index >= 15 is 0 Å². The van der Waals surface area contributed by atoms with Crippen molar-refractivity contribution in [1.29, 1.82) is 0 Å². The number of carbonyl (C=O) groups excluding carboxylic acids is 1. The Labute approximate surface area is 214 Å². The fourth-order valence-electron chi connectivity index (χ4n) is 5.07. The molecule has 1 aliphatic carbocycles. The number of hydrogen-bond acceptors (Lipinski definition) is 5. The molecule has 3 aromatic rings. The van der Waals surface area contributed by atoms with E-state index < -0.39 is 12.1 Å². The molecule has 1 aromatic heterocycles. The van der Waals surface area contributed by atoms with E-state index in [-0.39, 0.29) is 17.6 Å². The first-order chi connectivity index (χ1) is 16.9. The van der Waals surface area contributed by atoms with Gasteiger partial charge < -0.3 is 25.0 Å². The quantitative estimate of drug-likeness (QED) is 0.404. The minimum atomic E-state index is -0.796. The van der Waals surface area contributed by atoms with Crippen LogP contribution >= 0.6 is 15.9 Å². The van der Waals surface area contributed by atoms with E-state index in [0.29, 0.717) is 18.8 Å². The summed E-state index contributed by atoms with van der Waals surface area (Å²) in [5.74, 6) is 0.930. The molecule has 0 unspecified atom stereocenters. The lowest BCUT2D eigenvalue weighted by molar-refractivity contribution is -0.0382. The summed E-state index contributed by atoms with van der Waals surface area (Å²) in [6, 6.07) is 15.6. The Balaban J connectivity index is 1.32. The summed E-state index contributed by atoms with van der Waals surface area (Å²) in [5.41, 5.74) is 2.03. The highest BCUT2D eigenvalue weighted by atomic mass is 79.9. The van der Waals surface area contributed by atoms with Crippen LogP contribution in [0.15, 0.2) is 65.4 Å². The average molecular weight is 539 g/mol. The van der Waals surface area contributed by atoms with E-state index in [1.165, 1.54) is 6.42 Å². The highest BCUT2D eigenvalue weighted by Crippen LogP contribution is 2.49. The monoisotopic (exact) mass is 538 g/mol. The first kappa shape index (κ1) is 24.0. The number of benzene rings is 2. The largest absolute Gasteiger partial charge is 0.487 e. The molecule has 0 saturated heterocycles. The number of rotatable bonds is 8. The second-order valence-electron chi connectivity index (χ2n) is 9.68. The van der Waals surface area contributed by atoms with Crippen LogP contribution in [0.25, 0.3) is 0 Å². The van der Waals surface area contributed by atoms with Crippen LogP contribution in [0.2, 0.25) is 0 Å². The van der Waals surface area contributed by atoms with Gasteiger partial charge in [0.15, 0.2) is 5.82 Å². The van der Waals surface area contributed by atoms with Crippen LogP contribution in [-0.4, -0.2) is 44.9 Å². The predicted octanol–water partition coefficient (Wildman–Crippen LogP) is 3.92. The van der Waals surface area contributed by atoms with Crippen LogP contribution in [0.3, 0.4) is 0 Å². The summed E-state index contributed by atoms with van der Waals surface area (Å²) >= 11 is 3.58. The van der Waals surface area contributed by atoms with E-state index in [1.54, 1.807) is 24.0 Å². The molecule has 0 radical (unpaired) electrons. The summed E-state index contributed by atoms with van der Waals surface area (Å²) in [7, 11) is 1.78. The lowest BCUT2D eigenvalue weighted by Gasteiger charge is -2.48. The van der Waals surface area contributed by atoms with Crippen molar-refractivity contribution >= 4 is 21.8 Å². The Bertz CT molecular complexity index is 1180. The van der Waals surface area contributed by atoms with Crippen LogP contribution in [-0.2, 0) is 13.5 Å². The Morgan fingerprint density at radius 2 is 2.09 bits per heavy atom. The van der Waals surface area contributed by atoms with Crippen molar-refractivity contribution in [2.75, 3.05) is 6.54 Å². The number of fused-ring (bicyclic) bond motifs is 1. The Morgan fingerprint density at radius 1 is 1.29 bits per heavy atom. The molecule has 1 saturated carbocycles. The predicted molar refractivity (Wildman–Crippen MR) is 137 cm³/mol. The molecular formula is C27H31BrN4O3. The van der Waals surface area contributed by atoms with Gasteiger partial charge in [0.05, 0.1) is 12.1 Å². The van der Waals surface area contributed by atoms with Crippen LogP contribution in [0.5, 0.6) is 5.75 Å². The van der Waals surface area contributed by atoms with Crippen LogP contribution in [0.4, 0.5) is 0 Å². The van der Waals surface area contributed by atoms with E-state index in [9.17, 15) is 9.90 Å². The maximum Gasteiger partial charge on any atom is 0.287 e. The molecule has 0 bridgehead atoms. The Morgan fingerprint density at radius 3 is 2.77 bits per heavy atom. The van der Waals surface area contributed by atoms with Gasteiger partial charge in [-0.25, -0.2) is 4.98 Å². The molecule has 1 fully saturated rings. The number of carbonyl (C=O) groups is 1. The molecule has 1 aliphatic heterocycles. The maximum atomic E-state index is 12.9. The van der Waals surface area contributed by atoms with E-state index in [4.69, 9.17) is 4.74 Å². The van der Waals surface area contributed by atoms with Crippen LogP contribution in [0.1, 0.15) is 53.5 Å². The van der Waals surface area contributed by atoms with Crippen molar-refractivity contribution in [1.82, 2.24) is 20.2 Å². The number of aliphatic hydroxyl groups excluding tert-OH is 1. The number of nitrogens with zero attached hydrogens (tertiary/aromatic N) is 2. The van der Waals surface area contributed by atoms with Crippen LogP contribution in [0, 0.1) is 0 Å². The first-order valence-electron chi connectivity index (χ1n) is 12.1. The van der Waals surface area contributed by atoms with Gasteiger partial charge in [0.25, 0.3) is 5.91 Å². The third-order valence-electron chi connectivity index (χ3n) is 7.19. The molecule has 2 aromatic carbocycles. The third-order valence-corrected chi connectivity index (χ3v) is 7.68. The molecule has 3 N–H and O–H groups in total. The van der Waals surface area contributed by atoms with Crippen molar-refractivity contribution < 1.29 is 14.6 Å². The van der Waals surface area contributed by atoms with Gasteiger partial charge in [-0.1, -0.05) is 46.3 Å². The fraction of sp³-hybridized carbons (Fsp3) is 0.407. The highest BCUT2D eigenvalue weighted by Gasteiger charge is 2.45. The van der Waals surface area contributed by atoms with Gasteiger partial charge in [-0.2, -0.15) is 0 Å². The zero-order valence-corrected chi connectivity index (χ0v) is 21.4. The molecular weight excluding hydrogens is 508 g/mol. The zero-order chi connectivity index (χ0) is 24.4. The maximum absolute atomic E-state index is 12.9. The van der Waals surface area contributed by atoms with Gasteiger partial charge in [-0.15, -0.1) is 0 Å². The van der Waals surface area contributed by atoms with E-state index in [2.05, 4.69) is 37.6 Å². The molecule has 1 spiro atoms. The molecule has 1 amide bonds. The minimum absolute atomic E-state index is 0.0637. The summed E-state index contributed by atoms with van der Waals surface area (Å²) in [5, 5.41) is 17.9. The molecule has 35 heavy (non-hydrogen) atoms. The Kier molecular flexibility index (Phi) is 6.95. The molecule has 7 nitrogen and oxygen atoms in total. The van der Waals surface area contributed by atoms with Gasteiger partial charge >= 0.3 is 0 Å². The number of imidazole rings is 1. The normalized spacial score (nSPS) is 19.8. The number of halogens is 1. The average Bonchev–Trinajstić information content (AvgIpc) is 3.27. The molecule has 2 heterocycles. The highest BCUT2D eigenvalue weighted by molar-refractivity contribution is 9.10. The van der Waals surface area contributed by atoms with Gasteiger partial charge in [-0.05, 0) is 49.4 Å². The van der Waals surface area contributed by atoms with Crippen molar-refractivity contribution in [3.63, 3.8) is 0 Å². The van der Waals surface area contributed by atoms with Crippen molar-refractivity contribution in [3.05, 3.63) is 82.3 Å². The zero-order valence-electron chi connectivity index (χ0n) is 19.8. The fourth-order valence-corrected chi connectivity index (χ4v) is 5.45. The van der Waals surface area contributed by atoms with Gasteiger partial charge in [0.1, 0.15) is 11.4 Å². The second kappa shape index (κ2) is 10.1. The molecule has 8 heteroatoms. The summed E-state index contributed by atoms with van der Waals surface area (Å²) in [4.78, 5) is 17.1. The second-order valence-corrected chi connectivity index (χ2v) is 10.6. The summed E-state index contributed by atoms with van der Waals surface area (Å²) in [6.07, 6.45) is 7.20. The van der Waals surface area contributed by atoms with Crippen molar-refractivity contribution in [3.8, 4) is 5.75 Å². The van der Waals surface area contributed by atoms with Gasteiger partial charge in [0, 0.05) is 48.5 Å². The molecule has 5 rings (SSSR count). The smallest absolute Gasteiger partial charge is 0.287 e.